The highest BCUT2D eigenvalue weighted by Gasteiger charge is 2.43. The molecule has 6 nitrogen and oxygen atoms in total. The van der Waals surface area contributed by atoms with Crippen molar-refractivity contribution >= 4 is 11.7 Å². The van der Waals surface area contributed by atoms with Gasteiger partial charge in [-0.25, -0.2) is 4.39 Å². The number of aliphatic hydroxyl groups is 1. The molecule has 0 fully saturated rings. The Morgan fingerprint density at radius 3 is 2.44 bits per heavy atom. The molecule has 1 N–H and O–H groups in total. The first-order valence-electron chi connectivity index (χ1n) is 10.6. The van der Waals surface area contributed by atoms with E-state index in [0.717, 1.165) is 0 Å². The van der Waals surface area contributed by atoms with Gasteiger partial charge >= 0.3 is 0 Å². The molecule has 0 saturated heterocycles. The van der Waals surface area contributed by atoms with E-state index in [9.17, 15) is 19.1 Å². The highest BCUT2D eigenvalue weighted by Crippen LogP contribution is 2.42. The third-order valence-corrected chi connectivity index (χ3v) is 5.27. The minimum Gasteiger partial charge on any atom is -0.503 e. The van der Waals surface area contributed by atoms with Crippen LogP contribution in [0.1, 0.15) is 44.4 Å². The first-order valence-corrected chi connectivity index (χ1v) is 10.6. The van der Waals surface area contributed by atoms with Crippen molar-refractivity contribution in [1.29, 1.82) is 0 Å². The van der Waals surface area contributed by atoms with E-state index < -0.39 is 17.7 Å². The Bertz CT molecular complexity index is 1030. The minimum absolute atomic E-state index is 0.0551. The molecule has 32 heavy (non-hydrogen) atoms. The monoisotopic (exact) mass is 441 g/mol. The summed E-state index contributed by atoms with van der Waals surface area (Å²) < 4.78 is 24.4. The molecule has 3 rings (SSSR count). The molecule has 1 aliphatic heterocycles. The first kappa shape index (κ1) is 23.3. The Hall–Kier alpha value is -3.35. The fourth-order valence-electron chi connectivity index (χ4n) is 3.85. The fourth-order valence-corrected chi connectivity index (χ4v) is 3.85. The van der Waals surface area contributed by atoms with Crippen LogP contribution in [-0.2, 0) is 16.1 Å². The van der Waals surface area contributed by atoms with Gasteiger partial charge in [0.05, 0.1) is 25.3 Å². The molecule has 2 aromatic carbocycles. The molecule has 1 heterocycles. The Morgan fingerprint density at radius 2 is 1.84 bits per heavy atom. The summed E-state index contributed by atoms with van der Waals surface area (Å²) in [6.07, 6.45) is 0.196. The molecule has 2 aromatic rings. The van der Waals surface area contributed by atoms with Crippen molar-refractivity contribution < 1.29 is 28.6 Å². The van der Waals surface area contributed by atoms with Gasteiger partial charge in [-0.3, -0.25) is 9.59 Å². The lowest BCUT2D eigenvalue weighted by atomic mass is 9.92. The maximum absolute atomic E-state index is 13.4. The van der Waals surface area contributed by atoms with Crippen LogP contribution in [0.4, 0.5) is 4.39 Å². The second-order valence-corrected chi connectivity index (χ2v) is 8.09. The lowest BCUT2D eigenvalue weighted by Gasteiger charge is -2.27. The van der Waals surface area contributed by atoms with Gasteiger partial charge < -0.3 is 19.5 Å². The first-order chi connectivity index (χ1) is 15.3. The summed E-state index contributed by atoms with van der Waals surface area (Å²) in [6.45, 7) is 6.15. The summed E-state index contributed by atoms with van der Waals surface area (Å²) in [5.74, 6) is -0.803. The number of Topliss-reactive ketones (excluding diaryl/α,β-unsaturated/α-hetero) is 1. The molecule has 1 aliphatic rings. The number of benzene rings is 2. The van der Waals surface area contributed by atoms with Gasteiger partial charge in [0.25, 0.3) is 5.91 Å². The standard InChI is InChI=1S/C25H28FNO5/c1-5-32-21-13-17(8-11-20(21)31-4)23-22(19(28)12-15(2)3)24(29)25(30)27(23)14-16-6-9-18(26)10-7-16/h6-11,13,15,23,29H,5,12,14H2,1-4H3. The third kappa shape index (κ3) is 4.77. The number of hydrogen-bond acceptors (Lipinski definition) is 5. The van der Waals surface area contributed by atoms with Crippen molar-refractivity contribution in [3.8, 4) is 11.5 Å². The van der Waals surface area contributed by atoms with Crippen molar-refractivity contribution in [3.05, 3.63) is 70.7 Å². The number of methoxy groups -OCH3 is 1. The van der Waals surface area contributed by atoms with Gasteiger partial charge in [-0.2, -0.15) is 0 Å². The van der Waals surface area contributed by atoms with Crippen molar-refractivity contribution in [2.45, 2.75) is 39.8 Å². The number of carbonyl (C=O) groups is 2. The molecular formula is C25H28FNO5. The summed E-state index contributed by atoms with van der Waals surface area (Å²) in [5, 5.41) is 10.7. The van der Waals surface area contributed by atoms with Crippen LogP contribution in [0.25, 0.3) is 0 Å². The SMILES string of the molecule is CCOc1cc(C2C(C(=O)CC(C)C)=C(O)C(=O)N2Cc2ccc(F)cc2)ccc1OC. The van der Waals surface area contributed by atoms with Crippen LogP contribution in [-0.4, -0.2) is 35.4 Å². The van der Waals surface area contributed by atoms with Crippen molar-refractivity contribution in [1.82, 2.24) is 4.90 Å². The fraction of sp³-hybridized carbons (Fsp3) is 0.360. The summed E-state index contributed by atoms with van der Waals surface area (Å²) in [7, 11) is 1.53. The minimum atomic E-state index is -0.802. The number of ether oxygens (including phenoxy) is 2. The average molecular weight is 441 g/mol. The van der Waals surface area contributed by atoms with Crippen LogP contribution in [0.15, 0.2) is 53.8 Å². The molecule has 0 saturated carbocycles. The van der Waals surface area contributed by atoms with E-state index in [1.54, 1.807) is 30.3 Å². The van der Waals surface area contributed by atoms with Crippen LogP contribution in [0.5, 0.6) is 11.5 Å². The van der Waals surface area contributed by atoms with Crippen LogP contribution < -0.4 is 9.47 Å². The molecule has 1 amide bonds. The van der Waals surface area contributed by atoms with Crippen LogP contribution in [0.2, 0.25) is 0 Å². The lowest BCUT2D eigenvalue weighted by Crippen LogP contribution is -2.30. The lowest BCUT2D eigenvalue weighted by molar-refractivity contribution is -0.130. The molecular weight excluding hydrogens is 413 g/mol. The topological polar surface area (TPSA) is 76.1 Å². The number of ketones is 1. The van der Waals surface area contributed by atoms with Crippen LogP contribution in [0.3, 0.4) is 0 Å². The number of hydrogen-bond donors (Lipinski definition) is 1. The average Bonchev–Trinajstić information content (AvgIpc) is 3.00. The number of halogens is 1. The van der Waals surface area contributed by atoms with Crippen molar-refractivity contribution in [2.24, 2.45) is 5.92 Å². The predicted molar refractivity (Wildman–Crippen MR) is 118 cm³/mol. The van der Waals surface area contributed by atoms with Crippen molar-refractivity contribution in [2.75, 3.05) is 13.7 Å². The molecule has 0 spiro atoms. The molecule has 0 bridgehead atoms. The smallest absolute Gasteiger partial charge is 0.290 e. The molecule has 0 aromatic heterocycles. The largest absolute Gasteiger partial charge is 0.503 e. The maximum atomic E-state index is 13.4. The molecule has 0 radical (unpaired) electrons. The molecule has 0 aliphatic carbocycles. The summed E-state index contributed by atoms with van der Waals surface area (Å²) in [4.78, 5) is 27.5. The van der Waals surface area contributed by atoms with E-state index in [-0.39, 0.29) is 36.1 Å². The van der Waals surface area contributed by atoms with Gasteiger partial charge in [0.1, 0.15) is 5.82 Å². The number of aliphatic hydroxyl groups excluding tert-OH is 1. The number of nitrogens with zero attached hydrogens (tertiary/aromatic N) is 1. The second kappa shape index (κ2) is 9.85. The zero-order valence-corrected chi connectivity index (χ0v) is 18.7. The number of carbonyl (C=O) groups excluding carboxylic acids is 2. The van der Waals surface area contributed by atoms with Crippen molar-refractivity contribution in [3.63, 3.8) is 0 Å². The van der Waals surface area contributed by atoms with E-state index >= 15 is 0 Å². The van der Waals surface area contributed by atoms with Gasteiger partial charge in [0.2, 0.25) is 0 Å². The quantitative estimate of drug-likeness (QED) is 0.608. The van der Waals surface area contributed by atoms with E-state index in [1.165, 1.54) is 24.1 Å². The maximum Gasteiger partial charge on any atom is 0.290 e. The number of amides is 1. The zero-order valence-electron chi connectivity index (χ0n) is 18.7. The van der Waals surface area contributed by atoms with E-state index in [1.807, 2.05) is 20.8 Å². The Balaban J connectivity index is 2.09. The zero-order chi connectivity index (χ0) is 23.4. The van der Waals surface area contributed by atoms with Crippen LogP contribution >= 0.6 is 0 Å². The van der Waals surface area contributed by atoms with E-state index in [0.29, 0.717) is 29.2 Å². The van der Waals surface area contributed by atoms with Gasteiger partial charge in [-0.05, 0) is 48.2 Å². The van der Waals surface area contributed by atoms with Gasteiger partial charge in [-0.15, -0.1) is 0 Å². The van der Waals surface area contributed by atoms with Crippen LogP contribution in [0, 0.1) is 11.7 Å². The predicted octanol–water partition coefficient (Wildman–Crippen LogP) is 4.74. The summed E-state index contributed by atoms with van der Waals surface area (Å²) in [6, 6.07) is 10.1. The molecule has 1 unspecified atom stereocenters. The highest BCUT2D eigenvalue weighted by molar-refractivity contribution is 6.09. The Labute approximate surface area is 187 Å². The Kier molecular flexibility index (Phi) is 7.18. The summed E-state index contributed by atoms with van der Waals surface area (Å²) in [5.41, 5.74) is 1.35. The van der Waals surface area contributed by atoms with E-state index in [4.69, 9.17) is 9.47 Å². The Morgan fingerprint density at radius 1 is 1.16 bits per heavy atom. The highest BCUT2D eigenvalue weighted by atomic mass is 19.1. The van der Waals surface area contributed by atoms with Gasteiger partial charge in [0.15, 0.2) is 23.0 Å². The molecule has 1 atom stereocenters. The van der Waals surface area contributed by atoms with E-state index in [2.05, 4.69) is 0 Å². The number of rotatable bonds is 9. The second-order valence-electron chi connectivity index (χ2n) is 8.09. The van der Waals surface area contributed by atoms with Gasteiger partial charge in [0, 0.05) is 13.0 Å². The molecule has 170 valence electrons. The molecule has 7 heteroatoms. The van der Waals surface area contributed by atoms with Gasteiger partial charge in [-0.1, -0.05) is 32.0 Å². The normalized spacial score (nSPS) is 16.1. The third-order valence-electron chi connectivity index (χ3n) is 5.27. The summed E-state index contributed by atoms with van der Waals surface area (Å²) >= 11 is 0.